The Morgan fingerprint density at radius 3 is 2.78 bits per heavy atom. The summed E-state index contributed by atoms with van der Waals surface area (Å²) in [5.41, 5.74) is 2.00. The molecule has 1 amide bonds. The van der Waals surface area contributed by atoms with Gasteiger partial charge in [0.25, 0.3) is 5.91 Å². The van der Waals surface area contributed by atoms with Crippen LogP contribution in [0.4, 0.5) is 4.39 Å². The van der Waals surface area contributed by atoms with Crippen LogP contribution < -0.4 is 10.1 Å². The van der Waals surface area contributed by atoms with E-state index in [1.807, 2.05) is 25.1 Å². The fourth-order valence-electron chi connectivity index (χ4n) is 2.10. The van der Waals surface area contributed by atoms with Gasteiger partial charge >= 0.3 is 0 Å². The number of benzene rings is 2. The third kappa shape index (κ3) is 5.07. The van der Waals surface area contributed by atoms with Gasteiger partial charge in [0.1, 0.15) is 24.3 Å². The van der Waals surface area contributed by atoms with Crippen molar-refractivity contribution in [3.05, 3.63) is 65.0 Å². The van der Waals surface area contributed by atoms with Crippen LogP contribution in [0.25, 0.3) is 0 Å². The highest BCUT2D eigenvalue weighted by atomic mass is 19.1. The number of hydrogen-bond donors (Lipinski definition) is 2. The summed E-state index contributed by atoms with van der Waals surface area (Å²) in [5.74, 6) is -0.225. The second kappa shape index (κ2) is 7.74. The van der Waals surface area contributed by atoms with E-state index < -0.39 is 17.8 Å². The number of carbonyl (C=O) groups is 1. The molecule has 122 valence electrons. The Bertz CT molecular complexity index is 688. The van der Waals surface area contributed by atoms with Crippen molar-refractivity contribution in [3.63, 3.8) is 0 Å². The predicted octanol–water partition coefficient (Wildman–Crippen LogP) is 2.61. The number of aryl methyl sites for hydroxylation is 2. The first-order valence-electron chi connectivity index (χ1n) is 7.37. The van der Waals surface area contributed by atoms with E-state index in [2.05, 4.69) is 5.32 Å². The standard InChI is InChI=1S/C18H20FNO3/c1-12-4-3-5-16(8-12)23-11-15(21)10-20-18(22)17-9-14(19)7-6-13(17)2/h3-9,15,21H,10-11H2,1-2H3,(H,20,22). The molecular formula is C18H20FNO3. The minimum atomic E-state index is -0.853. The minimum absolute atomic E-state index is 0.0284. The highest BCUT2D eigenvalue weighted by Gasteiger charge is 2.12. The zero-order chi connectivity index (χ0) is 16.8. The molecular weight excluding hydrogens is 297 g/mol. The van der Waals surface area contributed by atoms with Crippen molar-refractivity contribution in [1.82, 2.24) is 5.32 Å². The second-order valence-electron chi connectivity index (χ2n) is 5.45. The average Bonchev–Trinajstić information content (AvgIpc) is 2.53. The van der Waals surface area contributed by atoms with Gasteiger partial charge in [-0.15, -0.1) is 0 Å². The molecule has 0 spiro atoms. The molecule has 0 aliphatic carbocycles. The van der Waals surface area contributed by atoms with Gasteiger partial charge in [-0.1, -0.05) is 18.2 Å². The van der Waals surface area contributed by atoms with Crippen LogP contribution in [0.15, 0.2) is 42.5 Å². The molecule has 0 heterocycles. The van der Waals surface area contributed by atoms with Crippen LogP contribution in [0.2, 0.25) is 0 Å². The average molecular weight is 317 g/mol. The van der Waals surface area contributed by atoms with E-state index in [0.717, 1.165) is 5.56 Å². The van der Waals surface area contributed by atoms with Crippen molar-refractivity contribution in [2.45, 2.75) is 20.0 Å². The number of ether oxygens (including phenoxy) is 1. The molecule has 1 unspecified atom stereocenters. The molecule has 23 heavy (non-hydrogen) atoms. The molecule has 0 fully saturated rings. The van der Waals surface area contributed by atoms with E-state index in [-0.39, 0.29) is 18.7 Å². The van der Waals surface area contributed by atoms with Crippen LogP contribution in [0.5, 0.6) is 5.75 Å². The fourth-order valence-corrected chi connectivity index (χ4v) is 2.10. The van der Waals surface area contributed by atoms with E-state index in [4.69, 9.17) is 4.74 Å². The molecule has 0 aliphatic rings. The molecule has 1 atom stereocenters. The first kappa shape index (κ1) is 17.0. The Labute approximate surface area is 134 Å². The smallest absolute Gasteiger partial charge is 0.251 e. The van der Waals surface area contributed by atoms with Gasteiger partial charge in [0.2, 0.25) is 0 Å². The Balaban J connectivity index is 1.83. The van der Waals surface area contributed by atoms with Gasteiger partial charge in [-0.2, -0.15) is 0 Å². The lowest BCUT2D eigenvalue weighted by Gasteiger charge is -2.14. The summed E-state index contributed by atoms with van der Waals surface area (Å²) < 4.78 is 18.7. The predicted molar refractivity (Wildman–Crippen MR) is 86.2 cm³/mol. The van der Waals surface area contributed by atoms with Crippen LogP contribution in [-0.4, -0.2) is 30.3 Å². The van der Waals surface area contributed by atoms with Crippen molar-refractivity contribution < 1.29 is 19.0 Å². The second-order valence-corrected chi connectivity index (χ2v) is 5.45. The quantitative estimate of drug-likeness (QED) is 0.861. The van der Waals surface area contributed by atoms with Crippen molar-refractivity contribution in [1.29, 1.82) is 0 Å². The first-order valence-corrected chi connectivity index (χ1v) is 7.37. The number of aliphatic hydroxyl groups excluding tert-OH is 1. The van der Waals surface area contributed by atoms with Gasteiger partial charge < -0.3 is 15.2 Å². The molecule has 4 nitrogen and oxygen atoms in total. The summed E-state index contributed by atoms with van der Waals surface area (Å²) in [6.07, 6.45) is -0.853. The summed E-state index contributed by atoms with van der Waals surface area (Å²) in [5, 5.41) is 12.5. The number of amides is 1. The van der Waals surface area contributed by atoms with E-state index in [9.17, 15) is 14.3 Å². The van der Waals surface area contributed by atoms with Gasteiger partial charge in [0.15, 0.2) is 0 Å². The molecule has 0 aromatic heterocycles. The van der Waals surface area contributed by atoms with Crippen LogP contribution in [0, 0.1) is 19.7 Å². The molecule has 5 heteroatoms. The third-order valence-corrected chi connectivity index (χ3v) is 3.37. The van der Waals surface area contributed by atoms with Gasteiger partial charge in [-0.3, -0.25) is 4.79 Å². The van der Waals surface area contributed by atoms with E-state index >= 15 is 0 Å². The summed E-state index contributed by atoms with van der Waals surface area (Å²) in [4.78, 5) is 12.0. The van der Waals surface area contributed by atoms with Crippen LogP contribution in [-0.2, 0) is 0 Å². The van der Waals surface area contributed by atoms with Gasteiger partial charge in [-0.05, 0) is 49.2 Å². The molecule has 2 aromatic rings. The molecule has 2 N–H and O–H groups in total. The number of nitrogens with one attached hydrogen (secondary N) is 1. The number of rotatable bonds is 6. The molecule has 0 radical (unpaired) electrons. The molecule has 0 aliphatic heterocycles. The lowest BCUT2D eigenvalue weighted by atomic mass is 10.1. The lowest BCUT2D eigenvalue weighted by molar-refractivity contribution is 0.0843. The number of aliphatic hydroxyl groups is 1. The SMILES string of the molecule is Cc1cccc(OCC(O)CNC(=O)c2cc(F)ccc2C)c1. The monoisotopic (exact) mass is 317 g/mol. The largest absolute Gasteiger partial charge is 0.491 e. The Morgan fingerprint density at radius 1 is 1.26 bits per heavy atom. The third-order valence-electron chi connectivity index (χ3n) is 3.37. The van der Waals surface area contributed by atoms with Crippen molar-refractivity contribution in [3.8, 4) is 5.75 Å². The lowest BCUT2D eigenvalue weighted by Crippen LogP contribution is -2.35. The maximum absolute atomic E-state index is 13.2. The van der Waals surface area contributed by atoms with Crippen LogP contribution in [0.1, 0.15) is 21.5 Å². The molecule has 2 rings (SSSR count). The molecule has 0 saturated carbocycles. The van der Waals surface area contributed by atoms with Crippen LogP contribution >= 0.6 is 0 Å². The zero-order valence-electron chi connectivity index (χ0n) is 13.2. The maximum atomic E-state index is 13.2. The van der Waals surface area contributed by atoms with Crippen molar-refractivity contribution in [2.24, 2.45) is 0 Å². The van der Waals surface area contributed by atoms with E-state index in [1.165, 1.54) is 12.1 Å². The fraction of sp³-hybridized carbons (Fsp3) is 0.278. The topological polar surface area (TPSA) is 58.6 Å². The maximum Gasteiger partial charge on any atom is 0.251 e. The van der Waals surface area contributed by atoms with Gasteiger partial charge in [-0.25, -0.2) is 4.39 Å². The summed E-state index contributed by atoms with van der Waals surface area (Å²) in [6, 6.07) is 11.5. The number of hydrogen-bond acceptors (Lipinski definition) is 3. The zero-order valence-corrected chi connectivity index (χ0v) is 13.2. The summed E-state index contributed by atoms with van der Waals surface area (Å²) in [6.45, 7) is 3.77. The summed E-state index contributed by atoms with van der Waals surface area (Å²) in [7, 11) is 0. The summed E-state index contributed by atoms with van der Waals surface area (Å²) >= 11 is 0. The minimum Gasteiger partial charge on any atom is -0.491 e. The van der Waals surface area contributed by atoms with E-state index in [1.54, 1.807) is 19.1 Å². The Morgan fingerprint density at radius 2 is 2.04 bits per heavy atom. The highest BCUT2D eigenvalue weighted by Crippen LogP contribution is 2.13. The van der Waals surface area contributed by atoms with Gasteiger partial charge in [0.05, 0.1) is 0 Å². The molecule has 0 saturated heterocycles. The number of carbonyl (C=O) groups excluding carboxylic acids is 1. The normalized spacial score (nSPS) is 11.8. The Hall–Kier alpha value is -2.40. The Kier molecular flexibility index (Phi) is 5.71. The van der Waals surface area contributed by atoms with Crippen LogP contribution in [0.3, 0.4) is 0 Å². The van der Waals surface area contributed by atoms with E-state index in [0.29, 0.717) is 11.3 Å². The molecule has 2 aromatic carbocycles. The van der Waals surface area contributed by atoms with Crippen molar-refractivity contribution in [2.75, 3.05) is 13.2 Å². The highest BCUT2D eigenvalue weighted by molar-refractivity contribution is 5.95. The number of halogens is 1. The van der Waals surface area contributed by atoms with Crippen molar-refractivity contribution >= 4 is 5.91 Å². The van der Waals surface area contributed by atoms with Gasteiger partial charge in [0, 0.05) is 12.1 Å². The first-order chi connectivity index (χ1) is 11.0. The molecule has 0 bridgehead atoms.